The predicted molar refractivity (Wildman–Crippen MR) is 156 cm³/mol. The van der Waals surface area contributed by atoms with Gasteiger partial charge in [-0.1, -0.05) is 54.6 Å². The molecule has 0 radical (unpaired) electrons. The monoisotopic (exact) mass is 578 g/mol. The lowest BCUT2D eigenvalue weighted by molar-refractivity contribution is 0.0698. The van der Waals surface area contributed by atoms with Gasteiger partial charge in [0.15, 0.2) is 0 Å². The summed E-state index contributed by atoms with van der Waals surface area (Å²) < 4.78 is 0. The van der Waals surface area contributed by atoms with Gasteiger partial charge in [-0.15, -0.1) is 0 Å². The van der Waals surface area contributed by atoms with Gasteiger partial charge in [0.05, 0.1) is 32.3 Å². The Hall–Kier alpha value is -3.88. The fraction of sp³-hybridized carbons (Fsp3) is 0.267. The number of nitrogens with zero attached hydrogens (tertiary/aromatic N) is 2. The average Bonchev–Trinajstić information content (AvgIpc) is 3.36. The number of H-pyrrole nitrogens is 1. The highest BCUT2D eigenvalue weighted by Crippen LogP contribution is 2.29. The highest BCUT2D eigenvalue weighted by atomic mass is 35.5. The summed E-state index contributed by atoms with van der Waals surface area (Å²) in [5, 5.41) is 13.3. The Bertz CT molecular complexity index is 1550. The van der Waals surface area contributed by atoms with Crippen LogP contribution in [0.3, 0.4) is 0 Å². The number of anilines is 1. The maximum atomic E-state index is 13.0. The molecule has 0 aliphatic heterocycles. The van der Waals surface area contributed by atoms with Crippen LogP contribution in [0, 0.1) is 5.92 Å². The SMILES string of the molecule is CN(CC1CCCCC1)C(=O)c1ccc(NC(=O)c2ccc(-c3nc4cc(Cl)c(Cl)cc4[nH]3)cc2)c(C(=O)O)c1. The second-order valence-corrected chi connectivity index (χ2v) is 11.0. The van der Waals surface area contributed by atoms with Gasteiger partial charge in [-0.3, -0.25) is 9.59 Å². The highest BCUT2D eigenvalue weighted by molar-refractivity contribution is 6.42. The number of carboxylic acid groups (broad SMARTS) is 1. The maximum absolute atomic E-state index is 13.0. The summed E-state index contributed by atoms with van der Waals surface area (Å²) in [5.74, 6) is -0.902. The van der Waals surface area contributed by atoms with Gasteiger partial charge in [0.1, 0.15) is 5.82 Å². The van der Waals surface area contributed by atoms with Crippen LogP contribution in [0.4, 0.5) is 5.69 Å². The molecule has 10 heteroatoms. The van der Waals surface area contributed by atoms with Gasteiger partial charge in [-0.05, 0) is 61.2 Å². The Morgan fingerprint density at radius 1 is 0.975 bits per heavy atom. The van der Waals surface area contributed by atoms with Crippen LogP contribution in [0.5, 0.6) is 0 Å². The Balaban J connectivity index is 1.30. The number of aromatic carboxylic acids is 1. The molecule has 8 nitrogen and oxygen atoms in total. The van der Waals surface area contributed by atoms with Crippen molar-refractivity contribution in [2.24, 2.45) is 5.92 Å². The van der Waals surface area contributed by atoms with Crippen molar-refractivity contribution in [3.63, 3.8) is 0 Å². The van der Waals surface area contributed by atoms with Crippen LogP contribution in [0.2, 0.25) is 10.0 Å². The summed E-state index contributed by atoms with van der Waals surface area (Å²) in [5.41, 5.74) is 2.69. The first-order valence-electron chi connectivity index (χ1n) is 13.1. The molecule has 3 aromatic carbocycles. The molecule has 0 bridgehead atoms. The van der Waals surface area contributed by atoms with Crippen molar-refractivity contribution < 1.29 is 19.5 Å². The van der Waals surface area contributed by atoms with E-state index in [1.54, 1.807) is 54.4 Å². The van der Waals surface area contributed by atoms with Crippen molar-refractivity contribution in [3.05, 3.63) is 81.3 Å². The number of halogens is 2. The normalized spacial score (nSPS) is 13.8. The Morgan fingerprint density at radius 3 is 2.35 bits per heavy atom. The number of rotatable bonds is 7. The van der Waals surface area contributed by atoms with Crippen LogP contribution >= 0.6 is 23.2 Å². The van der Waals surface area contributed by atoms with Gasteiger partial charge in [0.2, 0.25) is 0 Å². The molecule has 3 N–H and O–H groups in total. The minimum Gasteiger partial charge on any atom is -0.478 e. The molecular formula is C30H28Cl2N4O4. The zero-order valence-corrected chi connectivity index (χ0v) is 23.4. The van der Waals surface area contributed by atoms with E-state index in [2.05, 4.69) is 15.3 Å². The maximum Gasteiger partial charge on any atom is 0.337 e. The first-order valence-corrected chi connectivity index (χ1v) is 13.8. The minimum atomic E-state index is -1.24. The third-order valence-corrected chi connectivity index (χ3v) is 8.02. The molecule has 0 unspecified atom stereocenters. The molecular weight excluding hydrogens is 551 g/mol. The van der Waals surface area contributed by atoms with Crippen LogP contribution in [-0.4, -0.2) is 51.4 Å². The molecule has 1 aliphatic carbocycles. The number of carbonyl (C=O) groups is 3. The molecule has 1 saturated carbocycles. The molecule has 0 atom stereocenters. The number of aromatic nitrogens is 2. The van der Waals surface area contributed by atoms with E-state index in [4.69, 9.17) is 23.2 Å². The number of benzene rings is 3. The van der Waals surface area contributed by atoms with E-state index in [-0.39, 0.29) is 22.7 Å². The van der Waals surface area contributed by atoms with E-state index < -0.39 is 11.9 Å². The number of nitrogens with one attached hydrogen (secondary N) is 2. The fourth-order valence-corrected chi connectivity index (χ4v) is 5.46. The van der Waals surface area contributed by atoms with E-state index >= 15 is 0 Å². The smallest absolute Gasteiger partial charge is 0.337 e. The topological polar surface area (TPSA) is 115 Å². The first kappa shape index (κ1) is 27.7. The second-order valence-electron chi connectivity index (χ2n) is 10.2. The predicted octanol–water partition coefficient (Wildman–Crippen LogP) is 7.14. The van der Waals surface area contributed by atoms with Gasteiger partial charge >= 0.3 is 5.97 Å². The molecule has 5 rings (SSSR count). The molecule has 40 heavy (non-hydrogen) atoms. The number of carbonyl (C=O) groups excluding carboxylic acids is 2. The summed E-state index contributed by atoms with van der Waals surface area (Å²) in [7, 11) is 1.74. The summed E-state index contributed by atoms with van der Waals surface area (Å²) in [6.07, 6.45) is 5.80. The molecule has 2 amide bonds. The van der Waals surface area contributed by atoms with E-state index in [1.807, 2.05) is 0 Å². The number of imidazole rings is 1. The number of hydrogen-bond acceptors (Lipinski definition) is 4. The molecule has 1 fully saturated rings. The van der Waals surface area contributed by atoms with Crippen molar-refractivity contribution in [1.29, 1.82) is 0 Å². The van der Waals surface area contributed by atoms with Crippen LogP contribution < -0.4 is 5.32 Å². The van der Waals surface area contributed by atoms with Crippen molar-refractivity contribution in [1.82, 2.24) is 14.9 Å². The lowest BCUT2D eigenvalue weighted by Gasteiger charge is -2.27. The number of fused-ring (bicyclic) bond motifs is 1. The van der Waals surface area contributed by atoms with Crippen molar-refractivity contribution in [2.45, 2.75) is 32.1 Å². The van der Waals surface area contributed by atoms with Crippen molar-refractivity contribution in [3.8, 4) is 11.4 Å². The lowest BCUT2D eigenvalue weighted by atomic mass is 9.89. The Labute approximate surface area is 241 Å². The third kappa shape index (κ3) is 5.98. The Kier molecular flexibility index (Phi) is 8.09. The van der Waals surface area contributed by atoms with Crippen LogP contribution in [0.1, 0.15) is 63.2 Å². The summed E-state index contributed by atoms with van der Waals surface area (Å²) >= 11 is 12.2. The Morgan fingerprint density at radius 2 is 1.65 bits per heavy atom. The van der Waals surface area contributed by atoms with Crippen molar-refractivity contribution in [2.75, 3.05) is 18.9 Å². The minimum absolute atomic E-state index is 0.110. The zero-order valence-electron chi connectivity index (χ0n) is 21.8. The number of hydrogen-bond donors (Lipinski definition) is 3. The molecule has 0 spiro atoms. The van der Waals surface area contributed by atoms with Gasteiger partial charge < -0.3 is 20.3 Å². The average molecular weight is 579 g/mol. The largest absolute Gasteiger partial charge is 0.478 e. The van der Waals surface area contributed by atoms with Gasteiger partial charge in [-0.2, -0.15) is 0 Å². The number of amides is 2. The standard InChI is InChI=1S/C30H28Cl2N4O4/c1-36(16-17-5-3-2-4-6-17)29(38)20-11-12-24(21(13-20)30(39)40)35-28(37)19-9-7-18(8-10-19)27-33-25-14-22(31)23(32)15-26(25)34-27/h7-15,17H,2-6,16H2,1H3,(H,33,34)(H,35,37)(H,39,40). The molecule has 1 aromatic heterocycles. The quantitative estimate of drug-likeness (QED) is 0.215. The van der Waals surface area contributed by atoms with Gasteiger partial charge in [0, 0.05) is 30.3 Å². The second kappa shape index (κ2) is 11.7. The van der Waals surface area contributed by atoms with Crippen molar-refractivity contribution >= 4 is 57.7 Å². The molecule has 4 aromatic rings. The van der Waals surface area contributed by atoms with E-state index in [0.717, 1.165) is 23.9 Å². The van der Waals surface area contributed by atoms with Crippen LogP contribution in [0.25, 0.3) is 22.4 Å². The summed E-state index contributed by atoms with van der Waals surface area (Å²) in [4.78, 5) is 47.4. The molecule has 1 aliphatic rings. The summed E-state index contributed by atoms with van der Waals surface area (Å²) in [6, 6.07) is 14.4. The molecule has 206 valence electrons. The molecule has 0 saturated heterocycles. The summed E-state index contributed by atoms with van der Waals surface area (Å²) in [6.45, 7) is 0.644. The molecule has 1 heterocycles. The van der Waals surface area contributed by atoms with E-state index in [0.29, 0.717) is 39.4 Å². The van der Waals surface area contributed by atoms with Crippen LogP contribution in [0.15, 0.2) is 54.6 Å². The number of aromatic amines is 1. The lowest BCUT2D eigenvalue weighted by Crippen LogP contribution is -2.32. The fourth-order valence-electron chi connectivity index (χ4n) is 5.14. The van der Waals surface area contributed by atoms with Gasteiger partial charge in [0.25, 0.3) is 11.8 Å². The van der Waals surface area contributed by atoms with E-state index in [1.165, 1.54) is 31.4 Å². The third-order valence-electron chi connectivity index (χ3n) is 7.29. The highest BCUT2D eigenvalue weighted by Gasteiger charge is 2.22. The first-order chi connectivity index (χ1) is 19.2. The zero-order chi connectivity index (χ0) is 28.4. The van der Waals surface area contributed by atoms with Crippen LogP contribution in [-0.2, 0) is 0 Å². The number of carboxylic acids is 1. The van der Waals surface area contributed by atoms with E-state index in [9.17, 15) is 19.5 Å². The van der Waals surface area contributed by atoms with Gasteiger partial charge in [-0.25, -0.2) is 9.78 Å².